The predicted molar refractivity (Wildman–Crippen MR) is 84.1 cm³/mol. The molecule has 0 aliphatic carbocycles. The van der Waals surface area contributed by atoms with Gasteiger partial charge in [0.25, 0.3) is 0 Å². The average molecular weight is 317 g/mol. The van der Waals surface area contributed by atoms with Gasteiger partial charge in [0.2, 0.25) is 0 Å². The third kappa shape index (κ3) is 2.89. The lowest BCUT2D eigenvalue weighted by Crippen LogP contribution is -2.33. The Balaban J connectivity index is 1.70. The van der Waals surface area contributed by atoms with Crippen molar-refractivity contribution in [3.63, 3.8) is 0 Å². The highest BCUT2D eigenvalue weighted by molar-refractivity contribution is 7.82. The molecule has 0 atom stereocenters. The fourth-order valence-electron chi connectivity index (χ4n) is 1.98. The van der Waals surface area contributed by atoms with Crippen LogP contribution in [0.15, 0.2) is 53.1 Å². The fourth-order valence-corrected chi connectivity index (χ4v) is 2.19. The Morgan fingerprint density at radius 3 is 2.73 bits per heavy atom. The maximum absolute atomic E-state index is 12.8. The van der Waals surface area contributed by atoms with Gasteiger partial charge in [-0.1, -0.05) is 42.2 Å². The molecule has 0 spiro atoms. The quantitative estimate of drug-likeness (QED) is 0.727. The summed E-state index contributed by atoms with van der Waals surface area (Å²) in [5, 5.41) is 7.21. The number of carbonyl (C=O) groups is 1. The maximum atomic E-state index is 12.8. The SMILES string of the molecule is O=C(NCc1ccc(F)cc1)N(S)c1noc2ccccc12. The van der Waals surface area contributed by atoms with Gasteiger partial charge in [-0.25, -0.2) is 13.5 Å². The first-order valence-corrected chi connectivity index (χ1v) is 6.91. The van der Waals surface area contributed by atoms with Gasteiger partial charge in [-0.15, -0.1) is 0 Å². The maximum Gasteiger partial charge on any atom is 0.333 e. The van der Waals surface area contributed by atoms with Crippen LogP contribution in [0, 0.1) is 5.82 Å². The molecule has 2 amide bonds. The van der Waals surface area contributed by atoms with Crippen LogP contribution in [0.25, 0.3) is 11.0 Å². The molecule has 5 nitrogen and oxygen atoms in total. The first kappa shape index (κ1) is 14.4. The number of fused-ring (bicyclic) bond motifs is 1. The number of para-hydroxylation sites is 1. The molecular weight excluding hydrogens is 305 g/mol. The molecule has 0 saturated heterocycles. The number of nitrogens with zero attached hydrogens (tertiary/aromatic N) is 2. The van der Waals surface area contributed by atoms with Crippen molar-refractivity contribution < 1.29 is 13.7 Å². The Morgan fingerprint density at radius 1 is 1.23 bits per heavy atom. The van der Waals surface area contributed by atoms with E-state index in [2.05, 4.69) is 23.3 Å². The molecule has 0 radical (unpaired) electrons. The van der Waals surface area contributed by atoms with Crippen LogP contribution in [0.3, 0.4) is 0 Å². The Morgan fingerprint density at radius 2 is 1.95 bits per heavy atom. The molecule has 112 valence electrons. The van der Waals surface area contributed by atoms with E-state index in [1.165, 1.54) is 12.1 Å². The summed E-state index contributed by atoms with van der Waals surface area (Å²) in [6.07, 6.45) is 0. The minimum absolute atomic E-state index is 0.256. The molecule has 3 rings (SSSR count). The minimum atomic E-state index is -0.452. The minimum Gasteiger partial charge on any atom is -0.354 e. The summed E-state index contributed by atoms with van der Waals surface area (Å²) in [7, 11) is 0. The molecule has 22 heavy (non-hydrogen) atoms. The van der Waals surface area contributed by atoms with Crippen LogP contribution >= 0.6 is 12.8 Å². The molecule has 0 saturated carbocycles. The third-order valence-corrected chi connectivity index (χ3v) is 3.48. The van der Waals surface area contributed by atoms with Gasteiger partial charge < -0.3 is 9.84 Å². The van der Waals surface area contributed by atoms with Gasteiger partial charge >= 0.3 is 6.03 Å². The number of hydrogen-bond donors (Lipinski definition) is 2. The monoisotopic (exact) mass is 317 g/mol. The summed E-state index contributed by atoms with van der Waals surface area (Å²) < 4.78 is 19.0. The molecular formula is C15H12FN3O2S. The van der Waals surface area contributed by atoms with Crippen molar-refractivity contribution in [2.75, 3.05) is 4.31 Å². The second-order valence-corrected chi connectivity index (χ2v) is 5.00. The van der Waals surface area contributed by atoms with Crippen molar-refractivity contribution in [3.05, 3.63) is 59.9 Å². The normalized spacial score (nSPS) is 10.6. The van der Waals surface area contributed by atoms with Crippen LogP contribution < -0.4 is 9.62 Å². The van der Waals surface area contributed by atoms with Gasteiger partial charge in [0.15, 0.2) is 11.4 Å². The summed E-state index contributed by atoms with van der Waals surface area (Å²) in [6.45, 7) is 0.256. The summed E-state index contributed by atoms with van der Waals surface area (Å²) in [5.41, 5.74) is 1.35. The van der Waals surface area contributed by atoms with E-state index < -0.39 is 6.03 Å². The number of amides is 2. The van der Waals surface area contributed by atoms with E-state index in [1.54, 1.807) is 24.3 Å². The topological polar surface area (TPSA) is 58.4 Å². The van der Waals surface area contributed by atoms with Gasteiger partial charge in [0, 0.05) is 6.54 Å². The summed E-state index contributed by atoms with van der Waals surface area (Å²) in [4.78, 5) is 12.1. The van der Waals surface area contributed by atoms with Crippen molar-refractivity contribution in [1.82, 2.24) is 10.5 Å². The number of carbonyl (C=O) groups excluding carboxylic acids is 1. The second-order valence-electron chi connectivity index (χ2n) is 4.60. The fraction of sp³-hybridized carbons (Fsp3) is 0.0667. The zero-order chi connectivity index (χ0) is 15.5. The summed E-state index contributed by atoms with van der Waals surface area (Å²) >= 11 is 4.16. The van der Waals surface area contributed by atoms with E-state index in [1.807, 2.05) is 12.1 Å². The predicted octanol–water partition coefficient (Wildman–Crippen LogP) is 3.53. The standard InChI is InChI=1S/C15H12FN3O2S/c16-11-7-5-10(6-8-11)9-17-15(20)19(22)14-12-3-1-2-4-13(12)21-18-14/h1-8,22H,9H2,(H,17,20). The number of aromatic nitrogens is 1. The largest absolute Gasteiger partial charge is 0.354 e. The average Bonchev–Trinajstić information content (AvgIpc) is 2.97. The lowest BCUT2D eigenvalue weighted by Gasteiger charge is -2.13. The van der Waals surface area contributed by atoms with E-state index in [4.69, 9.17) is 4.52 Å². The van der Waals surface area contributed by atoms with Crippen LogP contribution in [0.2, 0.25) is 0 Å². The van der Waals surface area contributed by atoms with E-state index in [0.29, 0.717) is 16.8 Å². The van der Waals surface area contributed by atoms with Gasteiger partial charge in [-0.05, 0) is 29.8 Å². The van der Waals surface area contributed by atoms with E-state index in [-0.39, 0.29) is 12.4 Å². The number of rotatable bonds is 3. The highest BCUT2D eigenvalue weighted by Gasteiger charge is 2.18. The van der Waals surface area contributed by atoms with Crippen molar-refractivity contribution in [2.45, 2.75) is 6.54 Å². The van der Waals surface area contributed by atoms with Crippen molar-refractivity contribution in [1.29, 1.82) is 0 Å². The lowest BCUT2D eigenvalue weighted by molar-refractivity contribution is 0.249. The molecule has 1 aromatic heterocycles. The van der Waals surface area contributed by atoms with Gasteiger partial charge in [-0.2, -0.15) is 0 Å². The number of hydrogen-bond acceptors (Lipinski definition) is 4. The van der Waals surface area contributed by atoms with Crippen LogP contribution in [0.4, 0.5) is 15.0 Å². The van der Waals surface area contributed by atoms with Gasteiger partial charge in [-0.3, -0.25) is 0 Å². The highest BCUT2D eigenvalue weighted by atomic mass is 32.1. The summed E-state index contributed by atoms with van der Waals surface area (Å²) in [6, 6.07) is 12.6. The number of nitrogens with one attached hydrogen (secondary N) is 1. The molecule has 1 heterocycles. The summed E-state index contributed by atoms with van der Waals surface area (Å²) in [5.74, 6) is -0.00416. The molecule has 2 aromatic carbocycles. The molecule has 0 aliphatic heterocycles. The Labute approximate surface area is 131 Å². The number of halogens is 1. The van der Waals surface area contributed by atoms with Crippen LogP contribution in [-0.2, 0) is 6.54 Å². The molecule has 7 heteroatoms. The van der Waals surface area contributed by atoms with Crippen LogP contribution in [0.1, 0.15) is 5.56 Å². The van der Waals surface area contributed by atoms with E-state index in [9.17, 15) is 9.18 Å². The van der Waals surface area contributed by atoms with Crippen molar-refractivity contribution >= 4 is 35.6 Å². The zero-order valence-corrected chi connectivity index (χ0v) is 12.3. The Bertz CT molecular complexity index is 804. The molecule has 0 fully saturated rings. The lowest BCUT2D eigenvalue weighted by atomic mass is 10.2. The molecule has 1 N–H and O–H groups in total. The molecule has 0 aliphatic rings. The number of anilines is 1. The number of thiol groups is 1. The van der Waals surface area contributed by atoms with Gasteiger partial charge in [0.05, 0.1) is 5.39 Å². The number of urea groups is 1. The zero-order valence-electron chi connectivity index (χ0n) is 11.4. The third-order valence-electron chi connectivity index (χ3n) is 3.11. The molecule has 0 bridgehead atoms. The first-order valence-electron chi connectivity index (χ1n) is 6.51. The first-order chi connectivity index (χ1) is 10.6. The second kappa shape index (κ2) is 6.07. The highest BCUT2D eigenvalue weighted by Crippen LogP contribution is 2.26. The smallest absolute Gasteiger partial charge is 0.333 e. The molecule has 3 aromatic rings. The van der Waals surface area contributed by atoms with Gasteiger partial charge in [0.1, 0.15) is 5.82 Å². The molecule has 0 unspecified atom stereocenters. The van der Waals surface area contributed by atoms with Crippen molar-refractivity contribution in [2.24, 2.45) is 0 Å². The van der Waals surface area contributed by atoms with Crippen LogP contribution in [0.5, 0.6) is 0 Å². The Kier molecular flexibility index (Phi) is 3.97. The van der Waals surface area contributed by atoms with E-state index >= 15 is 0 Å². The van der Waals surface area contributed by atoms with E-state index in [0.717, 1.165) is 9.87 Å². The number of benzene rings is 2. The Hall–Kier alpha value is -2.54. The van der Waals surface area contributed by atoms with Crippen molar-refractivity contribution in [3.8, 4) is 0 Å². The van der Waals surface area contributed by atoms with Crippen LogP contribution in [-0.4, -0.2) is 11.2 Å².